The first-order valence-electron chi connectivity index (χ1n) is 7.02. The van der Waals surface area contributed by atoms with Gasteiger partial charge in [-0.3, -0.25) is 0 Å². The summed E-state index contributed by atoms with van der Waals surface area (Å²) in [6.45, 7) is 4.69. The SMILES string of the molecule is C1CCC2(CC1)OC[C@H](C[NH+]1CCCC1)O2. The van der Waals surface area contributed by atoms with E-state index >= 15 is 0 Å². The van der Waals surface area contributed by atoms with Crippen LogP contribution in [0.2, 0.25) is 0 Å². The fraction of sp³-hybridized carbons (Fsp3) is 1.00. The minimum atomic E-state index is -0.165. The van der Waals surface area contributed by atoms with E-state index in [4.69, 9.17) is 9.47 Å². The zero-order valence-electron chi connectivity index (χ0n) is 10.2. The quantitative estimate of drug-likeness (QED) is 0.750. The zero-order chi connectivity index (χ0) is 10.8. The van der Waals surface area contributed by atoms with Crippen LogP contribution in [0, 0.1) is 0 Å². The number of rotatable bonds is 2. The van der Waals surface area contributed by atoms with Gasteiger partial charge in [0.15, 0.2) is 5.79 Å². The highest BCUT2D eigenvalue weighted by molar-refractivity contribution is 4.82. The van der Waals surface area contributed by atoms with Crippen molar-refractivity contribution in [1.29, 1.82) is 0 Å². The van der Waals surface area contributed by atoms with E-state index in [-0.39, 0.29) is 5.79 Å². The van der Waals surface area contributed by atoms with E-state index in [2.05, 4.69) is 0 Å². The second kappa shape index (κ2) is 4.63. The van der Waals surface area contributed by atoms with Gasteiger partial charge in [-0.1, -0.05) is 6.42 Å². The molecule has 0 unspecified atom stereocenters. The van der Waals surface area contributed by atoms with Gasteiger partial charge in [0, 0.05) is 25.7 Å². The molecule has 0 amide bonds. The molecule has 0 aromatic rings. The van der Waals surface area contributed by atoms with Crippen molar-refractivity contribution >= 4 is 0 Å². The van der Waals surface area contributed by atoms with E-state index in [9.17, 15) is 0 Å². The van der Waals surface area contributed by atoms with Crippen molar-refractivity contribution < 1.29 is 14.4 Å². The summed E-state index contributed by atoms with van der Waals surface area (Å²) >= 11 is 0. The van der Waals surface area contributed by atoms with Crippen LogP contribution < -0.4 is 4.90 Å². The Balaban J connectivity index is 1.51. The van der Waals surface area contributed by atoms with Gasteiger partial charge in [0.2, 0.25) is 0 Å². The second-order valence-corrected chi connectivity index (χ2v) is 5.68. The van der Waals surface area contributed by atoms with Gasteiger partial charge in [-0.25, -0.2) is 0 Å². The molecule has 2 heterocycles. The topological polar surface area (TPSA) is 22.9 Å². The molecular formula is C13H24NO2+. The van der Waals surface area contributed by atoms with E-state index < -0.39 is 0 Å². The van der Waals surface area contributed by atoms with Gasteiger partial charge in [0.05, 0.1) is 19.7 Å². The molecule has 0 bridgehead atoms. The first kappa shape index (κ1) is 11.0. The fourth-order valence-electron chi connectivity index (χ4n) is 3.47. The summed E-state index contributed by atoms with van der Waals surface area (Å²) in [7, 11) is 0. The molecule has 16 heavy (non-hydrogen) atoms. The summed E-state index contributed by atoms with van der Waals surface area (Å²) in [5.41, 5.74) is 0. The lowest BCUT2D eigenvalue weighted by molar-refractivity contribution is -0.890. The summed E-state index contributed by atoms with van der Waals surface area (Å²) in [5, 5.41) is 0. The minimum Gasteiger partial charge on any atom is -0.347 e. The summed E-state index contributed by atoms with van der Waals surface area (Å²) in [6.07, 6.45) is 9.33. The lowest BCUT2D eigenvalue weighted by Crippen LogP contribution is -3.11. The van der Waals surface area contributed by atoms with Crippen molar-refractivity contribution in [3.05, 3.63) is 0 Å². The lowest BCUT2D eigenvalue weighted by Gasteiger charge is -2.31. The molecule has 0 aromatic carbocycles. The zero-order valence-corrected chi connectivity index (χ0v) is 10.2. The molecule has 3 aliphatic rings. The largest absolute Gasteiger partial charge is 0.347 e. The van der Waals surface area contributed by atoms with Crippen LogP contribution in [0.25, 0.3) is 0 Å². The standard InChI is InChI=1S/C13H23NO2/c1-2-6-13(7-3-1)15-11-12(16-13)10-14-8-4-5-9-14/h12H,1-11H2/p+1/t12-/m0/s1. The third-order valence-corrected chi connectivity index (χ3v) is 4.36. The molecule has 0 radical (unpaired) electrons. The van der Waals surface area contributed by atoms with Crippen LogP contribution in [0.1, 0.15) is 44.9 Å². The monoisotopic (exact) mass is 226 g/mol. The maximum absolute atomic E-state index is 6.21. The molecule has 1 saturated carbocycles. The van der Waals surface area contributed by atoms with Crippen LogP contribution in [-0.4, -0.2) is 38.1 Å². The number of hydrogen-bond acceptors (Lipinski definition) is 2. The summed E-state index contributed by atoms with van der Waals surface area (Å²) in [5.74, 6) is -0.165. The Kier molecular flexibility index (Phi) is 3.18. The molecule has 2 aliphatic heterocycles. The van der Waals surface area contributed by atoms with E-state index in [1.165, 1.54) is 51.7 Å². The first-order valence-corrected chi connectivity index (χ1v) is 7.02. The van der Waals surface area contributed by atoms with E-state index in [1.807, 2.05) is 0 Å². The van der Waals surface area contributed by atoms with Gasteiger partial charge in [-0.15, -0.1) is 0 Å². The lowest BCUT2D eigenvalue weighted by atomic mass is 9.94. The van der Waals surface area contributed by atoms with Crippen LogP contribution in [0.4, 0.5) is 0 Å². The van der Waals surface area contributed by atoms with Crippen LogP contribution in [0.15, 0.2) is 0 Å². The highest BCUT2D eigenvalue weighted by Gasteiger charge is 2.43. The number of hydrogen-bond donors (Lipinski definition) is 1. The molecular weight excluding hydrogens is 202 g/mol. The van der Waals surface area contributed by atoms with Crippen LogP contribution >= 0.6 is 0 Å². The molecule has 1 atom stereocenters. The summed E-state index contributed by atoms with van der Waals surface area (Å²) in [4.78, 5) is 1.72. The number of nitrogens with one attached hydrogen (secondary N) is 1. The van der Waals surface area contributed by atoms with Gasteiger partial charge in [-0.05, 0) is 12.8 Å². The Hall–Kier alpha value is -0.120. The summed E-state index contributed by atoms with van der Waals surface area (Å²) in [6, 6.07) is 0. The Morgan fingerprint density at radius 3 is 2.50 bits per heavy atom. The molecule has 3 fully saturated rings. The predicted octanol–water partition coefficient (Wildman–Crippen LogP) is 0.741. The smallest absolute Gasteiger partial charge is 0.169 e. The van der Waals surface area contributed by atoms with Crippen LogP contribution in [-0.2, 0) is 9.47 Å². The van der Waals surface area contributed by atoms with Crippen molar-refractivity contribution in [2.75, 3.05) is 26.2 Å². The molecule has 1 spiro atoms. The van der Waals surface area contributed by atoms with Gasteiger partial charge >= 0.3 is 0 Å². The maximum Gasteiger partial charge on any atom is 0.169 e. The maximum atomic E-state index is 6.21. The predicted molar refractivity (Wildman–Crippen MR) is 61.4 cm³/mol. The second-order valence-electron chi connectivity index (χ2n) is 5.68. The van der Waals surface area contributed by atoms with Gasteiger partial charge in [0.25, 0.3) is 0 Å². The average Bonchev–Trinajstić information content (AvgIpc) is 2.92. The molecule has 3 nitrogen and oxygen atoms in total. The van der Waals surface area contributed by atoms with E-state index in [0.29, 0.717) is 6.10 Å². The third kappa shape index (κ3) is 2.27. The normalized spacial score (nSPS) is 34.9. The Labute approximate surface area is 98.1 Å². The highest BCUT2D eigenvalue weighted by atomic mass is 16.7. The van der Waals surface area contributed by atoms with Crippen LogP contribution in [0.3, 0.4) is 0 Å². The van der Waals surface area contributed by atoms with Gasteiger partial charge in [-0.2, -0.15) is 0 Å². The van der Waals surface area contributed by atoms with Crippen LogP contribution in [0.5, 0.6) is 0 Å². The molecule has 1 aliphatic carbocycles. The highest BCUT2D eigenvalue weighted by Crippen LogP contribution is 2.37. The fourth-order valence-corrected chi connectivity index (χ4v) is 3.47. The number of quaternary nitrogens is 1. The Bertz CT molecular complexity index is 232. The number of likely N-dealkylation sites (tertiary alicyclic amines) is 1. The first-order chi connectivity index (χ1) is 7.86. The van der Waals surface area contributed by atoms with E-state index in [1.54, 1.807) is 4.90 Å². The number of ether oxygens (including phenoxy) is 2. The minimum absolute atomic E-state index is 0.165. The molecule has 0 aromatic heterocycles. The average molecular weight is 226 g/mol. The van der Waals surface area contributed by atoms with Gasteiger partial charge in [0.1, 0.15) is 12.6 Å². The van der Waals surface area contributed by atoms with Crippen molar-refractivity contribution in [3.63, 3.8) is 0 Å². The third-order valence-electron chi connectivity index (χ3n) is 4.36. The summed E-state index contributed by atoms with van der Waals surface area (Å²) < 4.78 is 12.2. The van der Waals surface area contributed by atoms with Crippen molar-refractivity contribution in [1.82, 2.24) is 0 Å². The van der Waals surface area contributed by atoms with Crippen molar-refractivity contribution in [2.45, 2.75) is 56.8 Å². The Morgan fingerprint density at radius 1 is 1.00 bits per heavy atom. The Morgan fingerprint density at radius 2 is 1.75 bits per heavy atom. The van der Waals surface area contributed by atoms with E-state index in [0.717, 1.165) is 19.4 Å². The molecule has 2 saturated heterocycles. The molecule has 1 N–H and O–H groups in total. The molecule has 3 heteroatoms. The van der Waals surface area contributed by atoms with Crippen molar-refractivity contribution in [3.8, 4) is 0 Å². The molecule has 3 rings (SSSR count). The van der Waals surface area contributed by atoms with Crippen molar-refractivity contribution in [2.24, 2.45) is 0 Å². The van der Waals surface area contributed by atoms with Gasteiger partial charge < -0.3 is 14.4 Å². The molecule has 92 valence electrons.